The van der Waals surface area contributed by atoms with E-state index >= 15 is 0 Å². The average molecular weight is 292 g/mol. The first-order valence-electron chi connectivity index (χ1n) is 7.09. The van der Waals surface area contributed by atoms with E-state index in [1.54, 1.807) is 28.6 Å². The summed E-state index contributed by atoms with van der Waals surface area (Å²) in [5, 5.41) is 8.75. The lowest BCUT2D eigenvalue weighted by Crippen LogP contribution is -2.34. The average Bonchev–Trinajstić information content (AvgIpc) is 2.38. The highest BCUT2D eigenvalue weighted by molar-refractivity contribution is 7.88. The molecule has 0 radical (unpaired) electrons. The summed E-state index contributed by atoms with van der Waals surface area (Å²) in [5.74, 6) is 0.0265. The number of benzene rings is 1. The number of hydrogen-bond acceptors (Lipinski definition) is 3. The Hall–Kier alpha value is -1.38. The van der Waals surface area contributed by atoms with Gasteiger partial charge in [-0.2, -0.15) is 5.26 Å². The second-order valence-electron chi connectivity index (χ2n) is 5.23. The first-order chi connectivity index (χ1) is 9.62. The molecule has 5 heteroatoms. The molecule has 0 spiro atoms. The third kappa shape index (κ3) is 4.06. The Kier molecular flexibility index (Phi) is 5.16. The van der Waals surface area contributed by atoms with E-state index in [0.717, 1.165) is 31.2 Å². The third-order valence-corrected chi connectivity index (χ3v) is 5.49. The van der Waals surface area contributed by atoms with Gasteiger partial charge in [0.1, 0.15) is 0 Å². The molecule has 108 valence electrons. The molecule has 0 amide bonds. The predicted octanol–water partition coefficient (Wildman–Crippen LogP) is 2.65. The predicted molar refractivity (Wildman–Crippen MR) is 78.4 cm³/mol. The van der Waals surface area contributed by atoms with E-state index < -0.39 is 10.0 Å². The molecule has 0 unspecified atom stereocenters. The fraction of sp³-hybridized carbons (Fsp3) is 0.533. The van der Waals surface area contributed by atoms with Gasteiger partial charge >= 0.3 is 0 Å². The van der Waals surface area contributed by atoms with Crippen LogP contribution in [0.2, 0.25) is 0 Å². The van der Waals surface area contributed by atoms with E-state index in [2.05, 4.69) is 0 Å². The van der Waals surface area contributed by atoms with Crippen LogP contribution in [-0.4, -0.2) is 25.8 Å². The van der Waals surface area contributed by atoms with Crippen LogP contribution >= 0.6 is 0 Å². The van der Waals surface area contributed by atoms with Gasteiger partial charge in [0, 0.05) is 13.1 Å². The molecule has 20 heavy (non-hydrogen) atoms. The van der Waals surface area contributed by atoms with Crippen LogP contribution in [0.15, 0.2) is 24.3 Å². The number of hydrogen-bond donors (Lipinski definition) is 0. The first-order valence-corrected chi connectivity index (χ1v) is 8.69. The van der Waals surface area contributed by atoms with E-state index in [1.165, 1.54) is 6.42 Å². The zero-order chi connectivity index (χ0) is 14.4. The highest BCUT2D eigenvalue weighted by atomic mass is 32.2. The monoisotopic (exact) mass is 292 g/mol. The van der Waals surface area contributed by atoms with Gasteiger partial charge in [-0.1, -0.05) is 31.4 Å². The molecular formula is C15H20N2O2S. The van der Waals surface area contributed by atoms with E-state index in [4.69, 9.17) is 5.26 Å². The van der Waals surface area contributed by atoms with Crippen molar-refractivity contribution in [2.24, 2.45) is 0 Å². The van der Waals surface area contributed by atoms with E-state index in [-0.39, 0.29) is 5.75 Å². The first kappa shape index (κ1) is 15.0. The van der Waals surface area contributed by atoms with E-state index in [9.17, 15) is 8.42 Å². The number of sulfonamides is 1. The Morgan fingerprint density at radius 3 is 2.10 bits per heavy atom. The molecule has 1 aromatic rings. The van der Waals surface area contributed by atoms with Crippen molar-refractivity contribution in [1.82, 2.24) is 4.31 Å². The van der Waals surface area contributed by atoms with Crippen molar-refractivity contribution in [3.63, 3.8) is 0 Å². The van der Waals surface area contributed by atoms with Gasteiger partial charge in [-0.25, -0.2) is 12.7 Å². The van der Waals surface area contributed by atoms with Gasteiger partial charge in [-0.3, -0.25) is 0 Å². The highest BCUT2D eigenvalue weighted by Crippen LogP contribution is 2.17. The molecule has 0 saturated carbocycles. The summed E-state index contributed by atoms with van der Waals surface area (Å²) in [6, 6.07) is 8.81. The molecule has 0 N–H and O–H groups in total. The van der Waals surface area contributed by atoms with Gasteiger partial charge in [0.25, 0.3) is 0 Å². The van der Waals surface area contributed by atoms with E-state index in [1.807, 2.05) is 6.07 Å². The fourth-order valence-electron chi connectivity index (χ4n) is 2.47. The summed E-state index contributed by atoms with van der Waals surface area (Å²) in [6.45, 7) is 1.28. The molecule has 1 aromatic carbocycles. The summed E-state index contributed by atoms with van der Waals surface area (Å²) in [4.78, 5) is 0. The lowest BCUT2D eigenvalue weighted by molar-refractivity contribution is 0.364. The van der Waals surface area contributed by atoms with Crippen molar-refractivity contribution in [3.05, 3.63) is 35.4 Å². The second-order valence-corrected chi connectivity index (χ2v) is 7.20. The number of nitrogens with zero attached hydrogens (tertiary/aromatic N) is 2. The molecule has 4 nitrogen and oxygen atoms in total. The van der Waals surface area contributed by atoms with Crippen LogP contribution in [0.4, 0.5) is 0 Å². The summed E-state index contributed by atoms with van der Waals surface area (Å²) < 4.78 is 26.5. The van der Waals surface area contributed by atoms with Crippen LogP contribution in [-0.2, 0) is 15.8 Å². The van der Waals surface area contributed by atoms with Crippen LogP contribution in [0.3, 0.4) is 0 Å². The summed E-state index contributed by atoms with van der Waals surface area (Å²) in [5.41, 5.74) is 1.29. The summed E-state index contributed by atoms with van der Waals surface area (Å²) in [6.07, 6.45) is 5.34. The molecule has 0 aromatic heterocycles. The zero-order valence-electron chi connectivity index (χ0n) is 11.6. The topological polar surface area (TPSA) is 61.2 Å². The smallest absolute Gasteiger partial charge is 0.212 e. The quantitative estimate of drug-likeness (QED) is 0.860. The Morgan fingerprint density at radius 1 is 1.00 bits per heavy atom. The molecule has 1 aliphatic heterocycles. The van der Waals surface area contributed by atoms with Crippen LogP contribution in [0.25, 0.3) is 0 Å². The van der Waals surface area contributed by atoms with Gasteiger partial charge in [-0.05, 0) is 30.5 Å². The molecule has 1 saturated heterocycles. The minimum Gasteiger partial charge on any atom is -0.212 e. The minimum atomic E-state index is -3.25. The highest BCUT2D eigenvalue weighted by Gasteiger charge is 2.22. The largest absolute Gasteiger partial charge is 0.218 e. The van der Waals surface area contributed by atoms with Crippen LogP contribution in [0.1, 0.15) is 43.2 Å². The maximum atomic E-state index is 12.4. The van der Waals surface area contributed by atoms with Crippen molar-refractivity contribution in [2.45, 2.75) is 37.9 Å². The normalized spacial score (nSPS) is 17.9. The minimum absolute atomic E-state index is 0.0265. The molecule has 0 bridgehead atoms. The maximum Gasteiger partial charge on any atom is 0.218 e. The van der Waals surface area contributed by atoms with Crippen molar-refractivity contribution < 1.29 is 8.42 Å². The van der Waals surface area contributed by atoms with Gasteiger partial charge in [0.05, 0.1) is 17.4 Å². The molecule has 2 rings (SSSR count). The molecule has 0 atom stereocenters. The molecule has 0 aliphatic carbocycles. The van der Waals surface area contributed by atoms with Crippen molar-refractivity contribution in [2.75, 3.05) is 13.1 Å². The molecule has 1 aliphatic rings. The van der Waals surface area contributed by atoms with Gasteiger partial charge in [-0.15, -0.1) is 0 Å². The van der Waals surface area contributed by atoms with Crippen molar-refractivity contribution >= 4 is 10.0 Å². The Labute approximate surface area is 121 Å². The standard InChI is InChI=1S/C15H20N2O2S/c16-12-14-6-8-15(9-7-14)13-20(18,19)17-10-4-2-1-3-5-11-17/h6-9H,1-5,10-11,13H2. The zero-order valence-corrected chi connectivity index (χ0v) is 12.4. The Balaban J connectivity index is 2.06. The van der Waals surface area contributed by atoms with Crippen molar-refractivity contribution in [3.8, 4) is 6.07 Å². The lowest BCUT2D eigenvalue weighted by atomic mass is 10.1. The van der Waals surface area contributed by atoms with Crippen molar-refractivity contribution in [1.29, 1.82) is 5.26 Å². The van der Waals surface area contributed by atoms with Crippen LogP contribution in [0, 0.1) is 11.3 Å². The van der Waals surface area contributed by atoms with Gasteiger partial charge < -0.3 is 0 Å². The number of nitriles is 1. The second kappa shape index (κ2) is 6.87. The third-order valence-electron chi connectivity index (χ3n) is 3.64. The van der Waals surface area contributed by atoms with Crippen LogP contribution in [0.5, 0.6) is 0 Å². The lowest BCUT2D eigenvalue weighted by Gasteiger charge is -2.24. The molecule has 1 heterocycles. The summed E-state index contributed by atoms with van der Waals surface area (Å²) in [7, 11) is -3.25. The summed E-state index contributed by atoms with van der Waals surface area (Å²) >= 11 is 0. The number of rotatable bonds is 3. The SMILES string of the molecule is N#Cc1ccc(CS(=O)(=O)N2CCCCCCC2)cc1. The fourth-order valence-corrected chi connectivity index (χ4v) is 4.08. The molecule has 1 fully saturated rings. The van der Waals surface area contributed by atoms with Gasteiger partial charge in [0.2, 0.25) is 10.0 Å². The molecular weight excluding hydrogens is 272 g/mol. The van der Waals surface area contributed by atoms with Gasteiger partial charge in [0.15, 0.2) is 0 Å². The Bertz CT molecular complexity index is 565. The van der Waals surface area contributed by atoms with E-state index in [0.29, 0.717) is 18.7 Å². The van der Waals surface area contributed by atoms with Crippen LogP contribution < -0.4 is 0 Å². The Morgan fingerprint density at radius 2 is 1.55 bits per heavy atom. The maximum absolute atomic E-state index is 12.4.